The predicted molar refractivity (Wildman–Crippen MR) is 102 cm³/mol. The molecule has 0 amide bonds. The van der Waals surface area contributed by atoms with E-state index >= 15 is 0 Å². The molecule has 0 aliphatic heterocycles. The van der Waals surface area contributed by atoms with Gasteiger partial charge in [0.25, 0.3) is 0 Å². The summed E-state index contributed by atoms with van der Waals surface area (Å²) in [5, 5.41) is 5.44. The SMILES string of the molecule is CC/C=C1/CCC2C3CCc4cc(OSN)ccc4C3CCC12C. The molecule has 0 aromatic heterocycles. The summed E-state index contributed by atoms with van der Waals surface area (Å²) >= 11 is 0.939. The summed E-state index contributed by atoms with van der Waals surface area (Å²) < 4.78 is 5.42. The molecule has 0 spiro atoms. The normalized spacial score (nSPS) is 36.1. The number of allylic oxidation sites excluding steroid dienone is 2. The van der Waals surface area contributed by atoms with Crippen molar-refractivity contribution >= 4 is 12.2 Å². The van der Waals surface area contributed by atoms with Crippen molar-refractivity contribution in [2.75, 3.05) is 0 Å². The molecule has 0 bridgehead atoms. The van der Waals surface area contributed by atoms with Crippen LogP contribution in [0.1, 0.15) is 69.4 Å². The molecule has 4 rings (SSSR count). The summed E-state index contributed by atoms with van der Waals surface area (Å²) in [6.07, 6.45) is 11.7. The van der Waals surface area contributed by atoms with Crippen molar-refractivity contribution in [3.05, 3.63) is 41.0 Å². The summed E-state index contributed by atoms with van der Waals surface area (Å²) in [6.45, 7) is 4.85. The summed E-state index contributed by atoms with van der Waals surface area (Å²) in [5.41, 5.74) is 5.33. The highest BCUT2D eigenvalue weighted by atomic mass is 32.2. The number of rotatable bonds is 3. The molecule has 3 aliphatic carbocycles. The van der Waals surface area contributed by atoms with E-state index in [4.69, 9.17) is 9.32 Å². The third-order valence-electron chi connectivity index (χ3n) is 7.14. The molecule has 2 nitrogen and oxygen atoms in total. The number of fused-ring (bicyclic) bond motifs is 5. The van der Waals surface area contributed by atoms with Crippen molar-refractivity contribution in [1.29, 1.82) is 0 Å². The zero-order chi connectivity index (χ0) is 16.7. The fourth-order valence-corrected chi connectivity index (χ4v) is 6.31. The summed E-state index contributed by atoms with van der Waals surface area (Å²) in [4.78, 5) is 0. The van der Waals surface area contributed by atoms with Crippen LogP contribution in [0, 0.1) is 17.3 Å². The zero-order valence-corrected chi connectivity index (χ0v) is 15.7. The number of nitrogens with two attached hydrogens (primary N) is 1. The fourth-order valence-electron chi connectivity index (χ4n) is 6.10. The van der Waals surface area contributed by atoms with Gasteiger partial charge >= 0.3 is 0 Å². The highest BCUT2D eigenvalue weighted by Crippen LogP contribution is 2.62. The van der Waals surface area contributed by atoms with Crippen LogP contribution in [0.15, 0.2) is 29.8 Å². The van der Waals surface area contributed by atoms with E-state index in [1.54, 1.807) is 11.1 Å². The monoisotopic (exact) mass is 343 g/mol. The van der Waals surface area contributed by atoms with E-state index in [1.807, 2.05) is 0 Å². The first kappa shape index (κ1) is 16.5. The first-order chi connectivity index (χ1) is 11.7. The van der Waals surface area contributed by atoms with Crippen molar-refractivity contribution in [3.63, 3.8) is 0 Å². The second kappa shape index (κ2) is 6.42. The van der Waals surface area contributed by atoms with Gasteiger partial charge in [-0.2, -0.15) is 0 Å². The number of aryl methyl sites for hydroxylation is 1. The van der Waals surface area contributed by atoms with Crippen LogP contribution < -0.4 is 9.32 Å². The van der Waals surface area contributed by atoms with Crippen LogP contribution in [0.2, 0.25) is 0 Å². The summed E-state index contributed by atoms with van der Waals surface area (Å²) in [5.74, 6) is 3.41. The molecule has 0 radical (unpaired) electrons. The molecule has 1 aromatic rings. The van der Waals surface area contributed by atoms with E-state index in [9.17, 15) is 0 Å². The molecule has 2 saturated carbocycles. The number of benzene rings is 1. The zero-order valence-electron chi connectivity index (χ0n) is 14.9. The molecule has 1 aromatic carbocycles. The molecular formula is C21H29NOS. The fraction of sp³-hybridized carbons (Fsp3) is 0.619. The highest BCUT2D eigenvalue weighted by molar-refractivity contribution is 7.92. The topological polar surface area (TPSA) is 35.2 Å². The Morgan fingerprint density at radius 1 is 1.29 bits per heavy atom. The highest BCUT2D eigenvalue weighted by Gasteiger charge is 2.52. The number of hydrogen-bond donors (Lipinski definition) is 1. The van der Waals surface area contributed by atoms with Gasteiger partial charge in [0.2, 0.25) is 0 Å². The molecule has 3 heteroatoms. The average Bonchev–Trinajstić information content (AvgIpc) is 2.92. The number of hydrogen-bond acceptors (Lipinski definition) is 3. The Bertz CT molecular complexity index is 655. The Morgan fingerprint density at radius 3 is 2.96 bits per heavy atom. The van der Waals surface area contributed by atoms with E-state index in [0.29, 0.717) is 5.41 Å². The van der Waals surface area contributed by atoms with Crippen LogP contribution in [0.5, 0.6) is 5.75 Å². The van der Waals surface area contributed by atoms with Gasteiger partial charge in [0.15, 0.2) is 0 Å². The Labute approximate surface area is 150 Å². The molecule has 2 fully saturated rings. The second-order valence-corrected chi connectivity index (χ2v) is 8.45. The third-order valence-corrected chi connectivity index (χ3v) is 7.43. The van der Waals surface area contributed by atoms with Crippen LogP contribution in [-0.2, 0) is 6.42 Å². The summed E-state index contributed by atoms with van der Waals surface area (Å²) in [7, 11) is 0. The molecule has 4 atom stereocenters. The minimum atomic E-state index is 0.480. The Kier molecular flexibility index (Phi) is 4.42. The molecule has 24 heavy (non-hydrogen) atoms. The van der Waals surface area contributed by atoms with Crippen molar-refractivity contribution in [2.45, 2.75) is 64.7 Å². The quantitative estimate of drug-likeness (QED) is 0.429. The molecule has 0 heterocycles. The summed E-state index contributed by atoms with van der Waals surface area (Å²) in [6, 6.07) is 6.64. The lowest BCUT2D eigenvalue weighted by molar-refractivity contribution is 0.0812. The molecule has 4 unspecified atom stereocenters. The van der Waals surface area contributed by atoms with Crippen LogP contribution in [-0.4, -0.2) is 0 Å². The lowest BCUT2D eigenvalue weighted by Crippen LogP contribution is -2.40. The van der Waals surface area contributed by atoms with Crippen molar-refractivity contribution < 1.29 is 4.18 Å². The van der Waals surface area contributed by atoms with Crippen molar-refractivity contribution in [2.24, 2.45) is 22.4 Å². The molecule has 0 saturated heterocycles. The van der Waals surface area contributed by atoms with Gasteiger partial charge in [0.05, 0.1) is 0 Å². The molecule has 130 valence electrons. The van der Waals surface area contributed by atoms with E-state index in [0.717, 1.165) is 35.7 Å². The van der Waals surface area contributed by atoms with Gasteiger partial charge in [-0.05, 0) is 91.4 Å². The smallest absolute Gasteiger partial charge is 0.140 e. The second-order valence-electron chi connectivity index (χ2n) is 8.09. The van der Waals surface area contributed by atoms with Crippen molar-refractivity contribution in [3.8, 4) is 5.75 Å². The van der Waals surface area contributed by atoms with Crippen LogP contribution in [0.25, 0.3) is 0 Å². The lowest BCUT2D eigenvalue weighted by atomic mass is 9.55. The molecule has 2 N–H and O–H groups in total. The van der Waals surface area contributed by atoms with Crippen LogP contribution >= 0.6 is 12.2 Å². The van der Waals surface area contributed by atoms with E-state index < -0.39 is 0 Å². The van der Waals surface area contributed by atoms with Crippen molar-refractivity contribution in [1.82, 2.24) is 0 Å². The predicted octanol–water partition coefficient (Wildman–Crippen LogP) is 5.78. The van der Waals surface area contributed by atoms with E-state index in [2.05, 4.69) is 38.1 Å². The van der Waals surface area contributed by atoms with Gasteiger partial charge in [-0.25, -0.2) is 5.14 Å². The average molecular weight is 344 g/mol. The maximum absolute atomic E-state index is 5.44. The Hall–Kier alpha value is -0.930. The minimum absolute atomic E-state index is 0.480. The van der Waals surface area contributed by atoms with E-state index in [-0.39, 0.29) is 0 Å². The van der Waals surface area contributed by atoms with Gasteiger partial charge in [-0.3, -0.25) is 0 Å². The third kappa shape index (κ3) is 2.52. The largest absolute Gasteiger partial charge is 0.410 e. The Balaban J connectivity index is 1.63. The van der Waals surface area contributed by atoms with Gasteiger partial charge in [-0.1, -0.05) is 31.6 Å². The van der Waals surface area contributed by atoms with Gasteiger partial charge < -0.3 is 4.18 Å². The molecule has 3 aliphatic rings. The van der Waals surface area contributed by atoms with Gasteiger partial charge in [0.1, 0.15) is 18.0 Å². The lowest BCUT2D eigenvalue weighted by Gasteiger charge is -2.49. The Morgan fingerprint density at radius 2 is 2.17 bits per heavy atom. The first-order valence-corrected chi connectivity index (χ1v) is 10.3. The van der Waals surface area contributed by atoms with Crippen LogP contribution in [0.3, 0.4) is 0 Å². The van der Waals surface area contributed by atoms with Gasteiger partial charge in [-0.15, -0.1) is 0 Å². The first-order valence-electron chi connectivity index (χ1n) is 9.53. The maximum atomic E-state index is 5.44. The van der Waals surface area contributed by atoms with Gasteiger partial charge in [0, 0.05) is 0 Å². The van der Waals surface area contributed by atoms with Crippen LogP contribution in [0.4, 0.5) is 0 Å². The molecular weight excluding hydrogens is 314 g/mol. The van der Waals surface area contributed by atoms with E-state index in [1.165, 1.54) is 50.5 Å². The maximum Gasteiger partial charge on any atom is 0.140 e. The minimum Gasteiger partial charge on any atom is -0.410 e. The standard InChI is InChI=1S/C21H29NOS/c1-3-4-15-6-10-20-19-8-5-14-13-16(23-24-22)7-9-17(14)18(19)11-12-21(15,20)2/h4,7,9,13,18-20H,3,5-6,8,10-12,22H2,1-2H3/b15-4-.